The summed E-state index contributed by atoms with van der Waals surface area (Å²) in [6.07, 6.45) is 0.385. The molecule has 0 aliphatic heterocycles. The molecule has 0 saturated carbocycles. The van der Waals surface area contributed by atoms with Gasteiger partial charge in [-0.25, -0.2) is 4.39 Å². The van der Waals surface area contributed by atoms with Crippen LogP contribution in [0.2, 0.25) is 5.02 Å². The van der Waals surface area contributed by atoms with Gasteiger partial charge in [-0.3, -0.25) is 14.5 Å². The zero-order valence-corrected chi connectivity index (χ0v) is 11.9. The maximum absolute atomic E-state index is 12.9. The van der Waals surface area contributed by atoms with E-state index in [9.17, 15) is 14.0 Å². The summed E-state index contributed by atoms with van der Waals surface area (Å²) in [6, 6.07) is 2.89. The molecule has 0 aromatic heterocycles. The van der Waals surface area contributed by atoms with Gasteiger partial charge < -0.3 is 10.4 Å². The van der Waals surface area contributed by atoms with Crippen molar-refractivity contribution in [2.24, 2.45) is 0 Å². The zero-order chi connectivity index (χ0) is 15.3. The molecular formula is C13H16ClFN2O3. The number of carbonyl (C=O) groups excluding carboxylic acids is 1. The van der Waals surface area contributed by atoms with Crippen molar-refractivity contribution in [3.8, 4) is 0 Å². The quantitative estimate of drug-likeness (QED) is 0.845. The van der Waals surface area contributed by atoms with Crippen LogP contribution >= 0.6 is 11.6 Å². The Bertz CT molecular complexity index is 510. The van der Waals surface area contributed by atoms with Crippen molar-refractivity contribution in [1.82, 2.24) is 4.90 Å². The van der Waals surface area contributed by atoms with Gasteiger partial charge in [0.1, 0.15) is 11.9 Å². The molecule has 1 aromatic carbocycles. The first-order valence-corrected chi connectivity index (χ1v) is 6.41. The number of hydrogen-bond acceptors (Lipinski definition) is 3. The maximum atomic E-state index is 12.9. The molecule has 1 amide bonds. The molecule has 0 aliphatic carbocycles. The van der Waals surface area contributed by atoms with Gasteiger partial charge in [0.25, 0.3) is 0 Å². The van der Waals surface area contributed by atoms with Crippen LogP contribution in [0.1, 0.15) is 13.3 Å². The van der Waals surface area contributed by atoms with Crippen LogP contribution in [0.5, 0.6) is 0 Å². The van der Waals surface area contributed by atoms with Crippen LogP contribution in [-0.4, -0.2) is 41.5 Å². The first-order chi connectivity index (χ1) is 9.35. The summed E-state index contributed by atoms with van der Waals surface area (Å²) >= 11 is 5.79. The zero-order valence-electron chi connectivity index (χ0n) is 11.2. The van der Waals surface area contributed by atoms with Crippen molar-refractivity contribution in [3.63, 3.8) is 0 Å². The highest BCUT2D eigenvalue weighted by Gasteiger charge is 2.22. The Morgan fingerprint density at radius 1 is 1.50 bits per heavy atom. The standard InChI is InChI=1S/C13H16ClFN2O3/c1-3-11(13(19)20)17(2)7-12(18)16-10-5-4-8(15)6-9(10)14/h4-6,11H,3,7H2,1-2H3,(H,16,18)(H,19,20). The lowest BCUT2D eigenvalue weighted by Gasteiger charge is -2.22. The monoisotopic (exact) mass is 302 g/mol. The molecule has 2 N–H and O–H groups in total. The minimum atomic E-state index is -0.984. The molecule has 1 unspecified atom stereocenters. The number of anilines is 1. The topological polar surface area (TPSA) is 69.6 Å². The number of aliphatic carboxylic acids is 1. The molecule has 1 atom stereocenters. The molecule has 20 heavy (non-hydrogen) atoms. The van der Waals surface area contributed by atoms with Crippen molar-refractivity contribution < 1.29 is 19.1 Å². The molecule has 0 heterocycles. The molecule has 0 radical (unpaired) electrons. The van der Waals surface area contributed by atoms with E-state index in [2.05, 4.69) is 5.32 Å². The molecule has 110 valence electrons. The van der Waals surface area contributed by atoms with Crippen molar-refractivity contribution in [2.75, 3.05) is 18.9 Å². The summed E-state index contributed by atoms with van der Waals surface area (Å²) in [5, 5.41) is 11.6. The van der Waals surface area contributed by atoms with Gasteiger partial charge in [0.15, 0.2) is 0 Å². The van der Waals surface area contributed by atoms with E-state index in [1.165, 1.54) is 17.0 Å². The molecule has 5 nitrogen and oxygen atoms in total. The van der Waals surface area contributed by atoms with E-state index in [1.54, 1.807) is 14.0 Å². The lowest BCUT2D eigenvalue weighted by Crippen LogP contribution is -2.42. The fourth-order valence-electron chi connectivity index (χ4n) is 1.79. The Hall–Kier alpha value is -1.66. The van der Waals surface area contributed by atoms with Crippen molar-refractivity contribution in [2.45, 2.75) is 19.4 Å². The second-order valence-electron chi connectivity index (χ2n) is 4.35. The van der Waals surface area contributed by atoms with Crippen LogP contribution in [0.25, 0.3) is 0 Å². The van der Waals surface area contributed by atoms with Crippen LogP contribution < -0.4 is 5.32 Å². The number of hydrogen-bond donors (Lipinski definition) is 2. The lowest BCUT2D eigenvalue weighted by molar-refractivity contribution is -0.143. The maximum Gasteiger partial charge on any atom is 0.320 e. The van der Waals surface area contributed by atoms with Gasteiger partial charge in [0, 0.05) is 0 Å². The Kier molecular flexibility index (Phi) is 5.91. The fourth-order valence-corrected chi connectivity index (χ4v) is 2.01. The van der Waals surface area contributed by atoms with Crippen LogP contribution in [-0.2, 0) is 9.59 Å². The lowest BCUT2D eigenvalue weighted by atomic mass is 10.2. The van der Waals surface area contributed by atoms with Crippen LogP contribution in [0, 0.1) is 5.82 Å². The van der Waals surface area contributed by atoms with E-state index in [1.807, 2.05) is 0 Å². The first kappa shape index (κ1) is 16.4. The number of carbonyl (C=O) groups is 2. The second kappa shape index (κ2) is 7.21. The SMILES string of the molecule is CCC(C(=O)O)N(C)CC(=O)Nc1ccc(F)cc1Cl. The highest BCUT2D eigenvalue weighted by atomic mass is 35.5. The predicted molar refractivity (Wildman–Crippen MR) is 74.4 cm³/mol. The third kappa shape index (κ3) is 4.47. The second-order valence-corrected chi connectivity index (χ2v) is 4.76. The fraction of sp³-hybridized carbons (Fsp3) is 0.385. The third-order valence-electron chi connectivity index (χ3n) is 2.80. The number of rotatable bonds is 6. The predicted octanol–water partition coefficient (Wildman–Crippen LogP) is 2.21. The molecule has 1 rings (SSSR count). The van der Waals surface area contributed by atoms with Crippen LogP contribution in [0.3, 0.4) is 0 Å². The summed E-state index contributed by atoms with van der Waals surface area (Å²) in [6.45, 7) is 1.63. The average Bonchev–Trinajstić information content (AvgIpc) is 2.33. The van der Waals surface area contributed by atoms with E-state index in [-0.39, 0.29) is 17.3 Å². The minimum Gasteiger partial charge on any atom is -0.480 e. The van der Waals surface area contributed by atoms with E-state index in [4.69, 9.17) is 16.7 Å². The third-order valence-corrected chi connectivity index (χ3v) is 3.11. The molecule has 0 fully saturated rings. The van der Waals surface area contributed by atoms with Crippen LogP contribution in [0.4, 0.5) is 10.1 Å². The number of carboxylic acid groups (broad SMARTS) is 1. The molecule has 0 saturated heterocycles. The van der Waals surface area contributed by atoms with Gasteiger partial charge in [-0.2, -0.15) is 0 Å². The summed E-state index contributed by atoms with van der Waals surface area (Å²) in [5.41, 5.74) is 0.287. The average molecular weight is 303 g/mol. The molecule has 1 aromatic rings. The van der Waals surface area contributed by atoms with Gasteiger partial charge in [-0.15, -0.1) is 0 Å². The number of nitrogens with zero attached hydrogens (tertiary/aromatic N) is 1. The number of benzene rings is 1. The van der Waals surface area contributed by atoms with Gasteiger partial charge >= 0.3 is 5.97 Å². The molecule has 0 aliphatic rings. The molecular weight excluding hydrogens is 287 g/mol. The van der Waals surface area contributed by atoms with Crippen molar-refractivity contribution in [3.05, 3.63) is 29.0 Å². The Labute approximate surface area is 121 Å². The molecule has 0 bridgehead atoms. The minimum absolute atomic E-state index is 0.0891. The number of amides is 1. The first-order valence-electron chi connectivity index (χ1n) is 6.03. The van der Waals surface area contributed by atoms with Gasteiger partial charge in [-0.1, -0.05) is 18.5 Å². The van der Waals surface area contributed by atoms with E-state index >= 15 is 0 Å². The number of nitrogens with one attached hydrogen (secondary N) is 1. The smallest absolute Gasteiger partial charge is 0.320 e. The van der Waals surface area contributed by atoms with Crippen LogP contribution in [0.15, 0.2) is 18.2 Å². The summed E-state index contributed by atoms with van der Waals surface area (Å²) in [5.74, 6) is -1.90. The Morgan fingerprint density at radius 2 is 2.15 bits per heavy atom. The van der Waals surface area contributed by atoms with E-state index in [0.29, 0.717) is 6.42 Å². The highest BCUT2D eigenvalue weighted by molar-refractivity contribution is 6.33. The Balaban J connectivity index is 2.65. The summed E-state index contributed by atoms with van der Waals surface area (Å²) in [7, 11) is 1.55. The summed E-state index contributed by atoms with van der Waals surface area (Å²) in [4.78, 5) is 24.2. The summed E-state index contributed by atoms with van der Waals surface area (Å²) < 4.78 is 12.9. The van der Waals surface area contributed by atoms with E-state index < -0.39 is 23.7 Å². The van der Waals surface area contributed by atoms with Crippen molar-refractivity contribution >= 4 is 29.2 Å². The molecule has 7 heteroatoms. The number of halogens is 2. The Morgan fingerprint density at radius 3 is 2.65 bits per heavy atom. The number of carboxylic acids is 1. The number of likely N-dealkylation sites (N-methyl/N-ethyl adjacent to an activating group) is 1. The van der Waals surface area contributed by atoms with Gasteiger partial charge in [-0.05, 0) is 31.7 Å². The highest BCUT2D eigenvalue weighted by Crippen LogP contribution is 2.22. The van der Waals surface area contributed by atoms with E-state index in [0.717, 1.165) is 6.07 Å². The normalized spacial score (nSPS) is 12.2. The molecule has 0 spiro atoms. The largest absolute Gasteiger partial charge is 0.480 e. The van der Waals surface area contributed by atoms with Gasteiger partial charge in [0.2, 0.25) is 5.91 Å². The van der Waals surface area contributed by atoms with Gasteiger partial charge in [0.05, 0.1) is 17.3 Å². The van der Waals surface area contributed by atoms with Crippen molar-refractivity contribution in [1.29, 1.82) is 0 Å².